The highest BCUT2D eigenvalue weighted by Gasteiger charge is 2.35. The van der Waals surface area contributed by atoms with Crippen molar-refractivity contribution >= 4 is 16.9 Å². The van der Waals surface area contributed by atoms with Gasteiger partial charge in [0.05, 0.1) is 18.8 Å². The number of hydrogen-bond acceptors (Lipinski definition) is 6. The Balaban J connectivity index is 1.74. The first-order valence-corrected chi connectivity index (χ1v) is 7.82. The van der Waals surface area contributed by atoms with E-state index in [1.165, 1.54) is 0 Å². The van der Waals surface area contributed by atoms with E-state index in [1.807, 2.05) is 24.3 Å². The fourth-order valence-electron chi connectivity index (χ4n) is 3.08. The summed E-state index contributed by atoms with van der Waals surface area (Å²) in [5, 5.41) is 4.63. The predicted molar refractivity (Wildman–Crippen MR) is 84.6 cm³/mol. The van der Waals surface area contributed by atoms with Crippen LogP contribution in [0, 0.1) is 13.8 Å². The average molecular weight is 327 g/mol. The number of benzene rings is 1. The number of ether oxygens (including phenoxy) is 1. The SMILES string of the molecule is Cc1noc(C2COCCN2C(=O)c2c(C)oc3ccccc23)n1. The number of carbonyl (C=O) groups is 1. The van der Waals surface area contributed by atoms with Crippen LogP contribution in [0.5, 0.6) is 0 Å². The van der Waals surface area contributed by atoms with Crippen molar-refractivity contribution in [3.05, 3.63) is 47.3 Å². The Morgan fingerprint density at radius 3 is 2.92 bits per heavy atom. The monoisotopic (exact) mass is 327 g/mol. The number of amides is 1. The molecule has 0 N–H and O–H groups in total. The molecule has 1 unspecified atom stereocenters. The molecule has 0 saturated carbocycles. The van der Waals surface area contributed by atoms with E-state index >= 15 is 0 Å². The smallest absolute Gasteiger partial charge is 0.258 e. The highest BCUT2D eigenvalue weighted by Crippen LogP contribution is 2.30. The molecule has 0 spiro atoms. The van der Waals surface area contributed by atoms with Crippen LogP contribution in [0.4, 0.5) is 0 Å². The van der Waals surface area contributed by atoms with Gasteiger partial charge in [-0.3, -0.25) is 4.79 Å². The van der Waals surface area contributed by atoms with E-state index in [0.717, 1.165) is 5.39 Å². The van der Waals surface area contributed by atoms with Crippen LogP contribution >= 0.6 is 0 Å². The molecule has 7 heteroatoms. The lowest BCUT2D eigenvalue weighted by atomic mass is 10.1. The lowest BCUT2D eigenvalue weighted by Crippen LogP contribution is -2.43. The van der Waals surface area contributed by atoms with Crippen molar-refractivity contribution in [3.63, 3.8) is 0 Å². The van der Waals surface area contributed by atoms with Gasteiger partial charge in [0.25, 0.3) is 11.8 Å². The maximum absolute atomic E-state index is 13.2. The van der Waals surface area contributed by atoms with E-state index in [1.54, 1.807) is 18.7 Å². The molecule has 7 nitrogen and oxygen atoms in total. The van der Waals surface area contributed by atoms with Crippen LogP contribution in [-0.2, 0) is 4.74 Å². The molecule has 1 aromatic carbocycles. The van der Waals surface area contributed by atoms with Crippen molar-refractivity contribution in [2.75, 3.05) is 19.8 Å². The second kappa shape index (κ2) is 5.76. The number of fused-ring (bicyclic) bond motifs is 1. The van der Waals surface area contributed by atoms with E-state index in [-0.39, 0.29) is 11.9 Å². The minimum absolute atomic E-state index is 0.110. The molecule has 4 rings (SSSR count). The number of rotatable bonds is 2. The third-order valence-corrected chi connectivity index (χ3v) is 4.20. The summed E-state index contributed by atoms with van der Waals surface area (Å²) in [5.41, 5.74) is 1.28. The molecule has 2 aromatic heterocycles. The molecule has 0 radical (unpaired) electrons. The first-order valence-electron chi connectivity index (χ1n) is 7.82. The maximum Gasteiger partial charge on any atom is 0.258 e. The van der Waals surface area contributed by atoms with E-state index < -0.39 is 0 Å². The van der Waals surface area contributed by atoms with Crippen LogP contribution in [0.3, 0.4) is 0 Å². The maximum atomic E-state index is 13.2. The van der Waals surface area contributed by atoms with Crippen molar-refractivity contribution in [3.8, 4) is 0 Å². The number of hydrogen-bond donors (Lipinski definition) is 0. The molecule has 3 heterocycles. The van der Waals surface area contributed by atoms with Gasteiger partial charge in [-0.25, -0.2) is 0 Å². The summed E-state index contributed by atoms with van der Waals surface area (Å²) in [4.78, 5) is 19.2. The zero-order chi connectivity index (χ0) is 16.7. The number of carbonyl (C=O) groups excluding carboxylic acids is 1. The van der Waals surface area contributed by atoms with Gasteiger partial charge in [-0.1, -0.05) is 23.4 Å². The molecular formula is C17H17N3O4. The summed E-state index contributed by atoms with van der Waals surface area (Å²) < 4.78 is 16.5. The van der Waals surface area contributed by atoms with Crippen LogP contribution in [0.15, 0.2) is 33.2 Å². The van der Waals surface area contributed by atoms with Crippen molar-refractivity contribution < 1.29 is 18.5 Å². The van der Waals surface area contributed by atoms with E-state index in [4.69, 9.17) is 13.7 Å². The summed E-state index contributed by atoms with van der Waals surface area (Å²) in [6.07, 6.45) is 0. The third kappa shape index (κ3) is 2.37. The molecule has 1 fully saturated rings. The normalized spacial score (nSPS) is 18.2. The standard InChI is InChI=1S/C17H17N3O4/c1-10-15(12-5-3-4-6-14(12)23-10)17(21)20-7-8-22-9-13(20)16-18-11(2)19-24-16/h3-6,13H,7-9H2,1-2H3. The van der Waals surface area contributed by atoms with Gasteiger partial charge in [0.1, 0.15) is 17.4 Å². The fourth-order valence-corrected chi connectivity index (χ4v) is 3.08. The van der Waals surface area contributed by atoms with Crippen LogP contribution in [0.25, 0.3) is 11.0 Å². The van der Waals surface area contributed by atoms with Crippen molar-refractivity contribution in [2.45, 2.75) is 19.9 Å². The van der Waals surface area contributed by atoms with Gasteiger partial charge in [-0.15, -0.1) is 0 Å². The summed E-state index contributed by atoms with van der Waals surface area (Å²) in [6.45, 7) is 4.83. The largest absolute Gasteiger partial charge is 0.461 e. The molecule has 1 aliphatic rings. The van der Waals surface area contributed by atoms with Crippen LogP contribution in [-0.4, -0.2) is 40.7 Å². The molecule has 0 bridgehead atoms. The summed E-state index contributed by atoms with van der Waals surface area (Å²) in [5.74, 6) is 1.42. The van der Waals surface area contributed by atoms with E-state index in [2.05, 4.69) is 10.1 Å². The zero-order valence-electron chi connectivity index (χ0n) is 13.5. The predicted octanol–water partition coefficient (Wildman–Crippen LogP) is 2.65. The minimum atomic E-state index is -0.388. The number of aromatic nitrogens is 2. The number of furan rings is 1. The highest BCUT2D eigenvalue weighted by molar-refractivity contribution is 6.07. The molecule has 124 valence electrons. The Hall–Kier alpha value is -2.67. The number of nitrogens with zero attached hydrogens (tertiary/aromatic N) is 3. The zero-order valence-corrected chi connectivity index (χ0v) is 13.5. The molecule has 1 saturated heterocycles. The van der Waals surface area contributed by atoms with Gasteiger partial charge in [-0.05, 0) is 19.9 Å². The molecule has 1 aliphatic heterocycles. The molecule has 1 atom stereocenters. The van der Waals surface area contributed by atoms with Crippen LogP contribution in [0.2, 0.25) is 0 Å². The Bertz CT molecular complexity index is 898. The molecule has 1 amide bonds. The van der Waals surface area contributed by atoms with Gasteiger partial charge >= 0.3 is 0 Å². The Morgan fingerprint density at radius 1 is 1.29 bits per heavy atom. The lowest BCUT2D eigenvalue weighted by molar-refractivity contribution is -0.0119. The van der Waals surface area contributed by atoms with Crippen molar-refractivity contribution in [1.82, 2.24) is 15.0 Å². The average Bonchev–Trinajstić information content (AvgIpc) is 3.16. The van der Waals surface area contributed by atoms with Crippen LogP contribution < -0.4 is 0 Å². The summed E-state index contributed by atoms with van der Waals surface area (Å²) in [7, 11) is 0. The first-order chi connectivity index (χ1) is 11.6. The van der Waals surface area contributed by atoms with Crippen molar-refractivity contribution in [1.29, 1.82) is 0 Å². The number of aryl methyl sites for hydroxylation is 2. The Kier molecular flexibility index (Phi) is 3.57. The highest BCUT2D eigenvalue weighted by atomic mass is 16.5. The Morgan fingerprint density at radius 2 is 2.12 bits per heavy atom. The van der Waals surface area contributed by atoms with Gasteiger partial charge in [-0.2, -0.15) is 4.98 Å². The molecule has 0 aliphatic carbocycles. The second-order valence-electron chi connectivity index (χ2n) is 5.80. The van der Waals surface area contributed by atoms with Crippen molar-refractivity contribution in [2.24, 2.45) is 0 Å². The quantitative estimate of drug-likeness (QED) is 0.720. The lowest BCUT2D eigenvalue weighted by Gasteiger charge is -2.33. The second-order valence-corrected chi connectivity index (χ2v) is 5.80. The number of para-hydroxylation sites is 1. The first kappa shape index (κ1) is 14.9. The fraction of sp³-hybridized carbons (Fsp3) is 0.353. The van der Waals surface area contributed by atoms with E-state index in [0.29, 0.717) is 48.4 Å². The molecular weight excluding hydrogens is 310 g/mol. The van der Waals surface area contributed by atoms with Crippen LogP contribution in [0.1, 0.15) is 33.9 Å². The molecule has 24 heavy (non-hydrogen) atoms. The summed E-state index contributed by atoms with van der Waals surface area (Å²) >= 11 is 0. The van der Waals surface area contributed by atoms with Gasteiger partial charge < -0.3 is 18.6 Å². The molecule has 3 aromatic rings. The van der Waals surface area contributed by atoms with Gasteiger partial charge in [0.2, 0.25) is 0 Å². The van der Waals surface area contributed by atoms with E-state index in [9.17, 15) is 4.79 Å². The summed E-state index contributed by atoms with van der Waals surface area (Å²) in [6, 6.07) is 7.15. The Labute approximate surface area is 138 Å². The van der Waals surface area contributed by atoms with Gasteiger partial charge in [0, 0.05) is 11.9 Å². The minimum Gasteiger partial charge on any atom is -0.461 e. The number of morpholine rings is 1. The van der Waals surface area contributed by atoms with Gasteiger partial charge in [0.15, 0.2) is 5.82 Å². The topological polar surface area (TPSA) is 81.6 Å². The third-order valence-electron chi connectivity index (χ3n) is 4.20.